The second-order valence-corrected chi connectivity index (χ2v) is 6.25. The number of rotatable bonds is 8. The van der Waals surface area contributed by atoms with Crippen molar-refractivity contribution in [2.75, 3.05) is 13.2 Å². The Morgan fingerprint density at radius 2 is 1.63 bits per heavy atom. The molecular weight excluding hydrogens is 376 g/mol. The maximum absolute atomic E-state index is 11.6. The Balaban J connectivity index is 1.99. The van der Waals surface area contributed by atoms with Gasteiger partial charge in [-0.05, 0) is 32.0 Å². The molecule has 27 heavy (non-hydrogen) atoms. The molecule has 144 valence electrons. The minimum Gasteiger partial charge on any atom is -0.507 e. The fraction of sp³-hybridized carbons (Fsp3) is 0.263. The van der Waals surface area contributed by atoms with Crippen LogP contribution in [0.4, 0.5) is 0 Å². The first kappa shape index (κ1) is 20.5. The first-order valence-electron chi connectivity index (χ1n) is 8.00. The number of hydrogen-bond donors (Lipinski definition) is 3. The predicted octanol–water partition coefficient (Wildman–Crippen LogP) is 2.98. The Morgan fingerprint density at radius 3 is 2.22 bits per heavy atom. The summed E-state index contributed by atoms with van der Waals surface area (Å²) in [5.41, 5.74) is 0.0929. The molecule has 2 rings (SSSR count). The number of aromatic hydroxyl groups is 2. The highest BCUT2D eigenvalue weighted by Gasteiger charge is 2.17. The zero-order valence-corrected chi connectivity index (χ0v) is 15.5. The minimum absolute atomic E-state index is 0.0263. The van der Waals surface area contributed by atoms with E-state index in [0.717, 1.165) is 0 Å². The smallest absolute Gasteiger partial charge is 0.167 e. The van der Waals surface area contributed by atoms with Crippen molar-refractivity contribution in [1.29, 1.82) is 0 Å². The van der Waals surface area contributed by atoms with Gasteiger partial charge in [0.1, 0.15) is 47.9 Å². The normalized spacial score (nSPS) is 11.7. The predicted molar refractivity (Wildman–Crippen MR) is 98.2 cm³/mol. The van der Waals surface area contributed by atoms with Crippen LogP contribution >= 0.6 is 11.6 Å². The zero-order valence-electron chi connectivity index (χ0n) is 14.7. The van der Waals surface area contributed by atoms with Crippen molar-refractivity contribution < 1.29 is 34.4 Å². The van der Waals surface area contributed by atoms with Crippen LogP contribution < -0.4 is 9.47 Å². The number of halogens is 1. The lowest BCUT2D eigenvalue weighted by atomic mass is 10.1. The molecule has 0 heterocycles. The van der Waals surface area contributed by atoms with Gasteiger partial charge in [-0.15, -0.1) is 0 Å². The minimum atomic E-state index is -1.09. The third-order valence-corrected chi connectivity index (χ3v) is 3.94. The van der Waals surface area contributed by atoms with Gasteiger partial charge < -0.3 is 24.8 Å². The van der Waals surface area contributed by atoms with Gasteiger partial charge in [0, 0.05) is 6.07 Å². The average molecular weight is 395 g/mol. The van der Waals surface area contributed by atoms with E-state index in [1.165, 1.54) is 44.2 Å². The Morgan fingerprint density at radius 1 is 1.00 bits per heavy atom. The van der Waals surface area contributed by atoms with Gasteiger partial charge in [-0.1, -0.05) is 17.7 Å². The summed E-state index contributed by atoms with van der Waals surface area (Å²) in [7, 11) is 0. The van der Waals surface area contributed by atoms with Crippen molar-refractivity contribution in [2.45, 2.75) is 20.0 Å². The highest BCUT2D eigenvalue weighted by atomic mass is 35.5. The lowest BCUT2D eigenvalue weighted by Crippen LogP contribution is -2.25. The van der Waals surface area contributed by atoms with E-state index in [9.17, 15) is 24.9 Å². The first-order chi connectivity index (χ1) is 12.7. The number of phenols is 2. The van der Waals surface area contributed by atoms with E-state index in [4.69, 9.17) is 21.1 Å². The molecule has 1 unspecified atom stereocenters. The van der Waals surface area contributed by atoms with Gasteiger partial charge in [0.2, 0.25) is 0 Å². The van der Waals surface area contributed by atoms with E-state index in [-0.39, 0.29) is 63.9 Å². The number of carbonyl (C=O) groups is 2. The second kappa shape index (κ2) is 8.75. The van der Waals surface area contributed by atoms with Crippen molar-refractivity contribution in [1.82, 2.24) is 0 Å². The third-order valence-electron chi connectivity index (χ3n) is 3.65. The number of carbonyl (C=O) groups excluding carboxylic acids is 2. The SMILES string of the molecule is CC(=O)c1cc(Cl)c(OCC(O)COc2cccc(O)c2C(C)=O)cc1O. The summed E-state index contributed by atoms with van der Waals surface area (Å²) >= 11 is 6.01. The molecule has 0 spiro atoms. The summed E-state index contributed by atoms with van der Waals surface area (Å²) in [5, 5.41) is 29.7. The molecular formula is C19H19ClO7. The standard InChI is InChI=1S/C19H19ClO7/c1-10(21)13-6-14(20)18(7-16(13)25)27-9-12(23)8-26-17-5-3-4-15(24)19(17)11(2)22/h3-7,12,23-25H,8-9H2,1-2H3. The molecule has 0 saturated carbocycles. The monoisotopic (exact) mass is 394 g/mol. The number of aliphatic hydroxyl groups is 1. The van der Waals surface area contributed by atoms with E-state index in [1.54, 1.807) is 0 Å². The summed E-state index contributed by atoms with van der Waals surface area (Å²) in [6.07, 6.45) is -1.09. The number of ketones is 2. The summed E-state index contributed by atoms with van der Waals surface area (Å²) < 4.78 is 10.8. The lowest BCUT2D eigenvalue weighted by molar-refractivity contribution is 0.0619. The quantitative estimate of drug-likeness (QED) is 0.590. The van der Waals surface area contributed by atoms with Crippen LogP contribution in [0.15, 0.2) is 30.3 Å². The van der Waals surface area contributed by atoms with E-state index in [1.807, 2.05) is 0 Å². The van der Waals surface area contributed by atoms with Crippen molar-refractivity contribution in [2.24, 2.45) is 0 Å². The number of hydrogen-bond acceptors (Lipinski definition) is 7. The van der Waals surface area contributed by atoms with Crippen LogP contribution in [0.2, 0.25) is 5.02 Å². The molecule has 0 radical (unpaired) electrons. The van der Waals surface area contributed by atoms with Crippen molar-refractivity contribution in [3.05, 3.63) is 46.5 Å². The van der Waals surface area contributed by atoms with Gasteiger partial charge in [0.05, 0.1) is 10.6 Å². The van der Waals surface area contributed by atoms with E-state index in [2.05, 4.69) is 0 Å². The summed E-state index contributed by atoms with van der Waals surface area (Å²) in [5.74, 6) is -0.969. The molecule has 0 aliphatic heterocycles. The summed E-state index contributed by atoms with van der Waals surface area (Å²) in [6, 6.07) is 6.85. The largest absolute Gasteiger partial charge is 0.507 e. The van der Waals surface area contributed by atoms with Gasteiger partial charge in [0.15, 0.2) is 11.6 Å². The second-order valence-electron chi connectivity index (χ2n) is 5.84. The summed E-state index contributed by atoms with van der Waals surface area (Å²) in [6.45, 7) is 2.16. The molecule has 3 N–H and O–H groups in total. The van der Waals surface area contributed by atoms with Crippen molar-refractivity contribution in [3.63, 3.8) is 0 Å². The fourth-order valence-corrected chi connectivity index (χ4v) is 2.57. The van der Waals surface area contributed by atoms with Crippen molar-refractivity contribution >= 4 is 23.2 Å². The average Bonchev–Trinajstić information content (AvgIpc) is 2.59. The molecule has 0 aliphatic rings. The molecule has 0 fully saturated rings. The van der Waals surface area contributed by atoms with Crippen LogP contribution in [0, 0.1) is 0 Å². The highest BCUT2D eigenvalue weighted by molar-refractivity contribution is 6.32. The zero-order chi connectivity index (χ0) is 20.1. The Bertz CT molecular complexity index is 863. The maximum atomic E-state index is 11.6. The number of aliphatic hydroxyl groups excluding tert-OH is 1. The third kappa shape index (κ3) is 5.12. The Kier molecular flexibility index (Phi) is 6.65. The van der Waals surface area contributed by atoms with Crippen molar-refractivity contribution in [3.8, 4) is 23.0 Å². The van der Waals surface area contributed by atoms with Gasteiger partial charge >= 0.3 is 0 Å². The van der Waals surface area contributed by atoms with Gasteiger partial charge in [-0.3, -0.25) is 9.59 Å². The molecule has 1 atom stereocenters. The molecule has 0 aliphatic carbocycles. The number of ether oxygens (including phenoxy) is 2. The van der Waals surface area contributed by atoms with E-state index < -0.39 is 6.10 Å². The first-order valence-corrected chi connectivity index (χ1v) is 8.38. The van der Waals surface area contributed by atoms with Crippen LogP contribution in [0.5, 0.6) is 23.0 Å². The molecule has 7 nitrogen and oxygen atoms in total. The van der Waals surface area contributed by atoms with Crippen LogP contribution in [-0.4, -0.2) is 46.2 Å². The molecule has 2 aromatic carbocycles. The maximum Gasteiger partial charge on any atom is 0.167 e. The van der Waals surface area contributed by atoms with E-state index in [0.29, 0.717) is 0 Å². The van der Waals surface area contributed by atoms with Gasteiger partial charge in [-0.2, -0.15) is 0 Å². The van der Waals surface area contributed by atoms with Crippen LogP contribution in [0.25, 0.3) is 0 Å². The number of benzene rings is 2. The highest BCUT2D eigenvalue weighted by Crippen LogP contribution is 2.32. The van der Waals surface area contributed by atoms with E-state index >= 15 is 0 Å². The molecule has 0 saturated heterocycles. The van der Waals surface area contributed by atoms with Gasteiger partial charge in [-0.25, -0.2) is 0 Å². The topological polar surface area (TPSA) is 113 Å². The summed E-state index contributed by atoms with van der Waals surface area (Å²) in [4.78, 5) is 23.0. The molecule has 0 amide bonds. The van der Waals surface area contributed by atoms with Crippen LogP contribution in [-0.2, 0) is 0 Å². The van der Waals surface area contributed by atoms with Crippen LogP contribution in [0.1, 0.15) is 34.6 Å². The molecule has 2 aromatic rings. The van der Waals surface area contributed by atoms with Gasteiger partial charge in [0.25, 0.3) is 0 Å². The molecule has 0 aromatic heterocycles. The lowest BCUT2D eigenvalue weighted by Gasteiger charge is -2.16. The molecule has 8 heteroatoms. The number of Topliss-reactive ketones (excluding diaryl/α,β-unsaturated/α-hetero) is 2. The molecule has 0 bridgehead atoms. The van der Waals surface area contributed by atoms with Crippen LogP contribution in [0.3, 0.4) is 0 Å². The Labute approximate surface area is 160 Å². The fourth-order valence-electron chi connectivity index (χ4n) is 2.35. The number of phenolic OH excluding ortho intramolecular Hbond substituents is 2. The Hall–Kier alpha value is -2.77.